The van der Waals surface area contributed by atoms with E-state index in [0.29, 0.717) is 18.5 Å². The zero-order valence-electron chi connectivity index (χ0n) is 19.6. The lowest BCUT2D eigenvalue weighted by Gasteiger charge is -2.32. The fourth-order valence-electron chi connectivity index (χ4n) is 4.95. The van der Waals surface area contributed by atoms with Crippen LogP contribution < -0.4 is 10.6 Å². The monoisotopic (exact) mass is 412 g/mol. The molecule has 3 heterocycles. The molecule has 3 rings (SSSR count). The zero-order valence-corrected chi connectivity index (χ0v) is 19.6. The molecule has 1 amide bonds. The fraction of sp³-hybridized carbons (Fsp3) is 0.640. The van der Waals surface area contributed by atoms with Crippen molar-refractivity contribution in [3.8, 4) is 0 Å². The highest BCUT2D eigenvalue weighted by Crippen LogP contribution is 2.36. The van der Waals surface area contributed by atoms with Gasteiger partial charge in [-0.25, -0.2) is 0 Å². The van der Waals surface area contributed by atoms with E-state index in [4.69, 9.17) is 0 Å². The minimum absolute atomic E-state index is 0.0373. The SMILES string of the molecule is C=C(C)c1c(C(C=C(C)C)CC)cc2n1C(CCNC1CCN(C)CC1)CNC2=O. The van der Waals surface area contributed by atoms with Gasteiger partial charge in [-0.05, 0) is 90.3 Å². The Hall–Kier alpha value is -1.85. The highest BCUT2D eigenvalue weighted by atomic mass is 16.2. The molecule has 0 bridgehead atoms. The molecule has 1 fully saturated rings. The van der Waals surface area contributed by atoms with E-state index in [1.54, 1.807) is 0 Å². The van der Waals surface area contributed by atoms with Crippen LogP contribution in [-0.2, 0) is 0 Å². The van der Waals surface area contributed by atoms with Gasteiger partial charge in [-0.1, -0.05) is 25.2 Å². The molecule has 2 unspecified atom stereocenters. The minimum Gasteiger partial charge on any atom is -0.349 e. The van der Waals surface area contributed by atoms with Crippen LogP contribution in [0.4, 0.5) is 0 Å². The van der Waals surface area contributed by atoms with E-state index in [1.165, 1.54) is 37.1 Å². The predicted octanol–water partition coefficient (Wildman–Crippen LogP) is 4.34. The number of allylic oxidation sites excluding steroid dienone is 3. The summed E-state index contributed by atoms with van der Waals surface area (Å²) in [5.74, 6) is 0.348. The Labute approximate surface area is 182 Å². The molecule has 0 aromatic carbocycles. The summed E-state index contributed by atoms with van der Waals surface area (Å²) in [7, 11) is 2.20. The first-order chi connectivity index (χ1) is 14.3. The quantitative estimate of drug-likeness (QED) is 0.625. The van der Waals surface area contributed by atoms with Crippen molar-refractivity contribution >= 4 is 11.5 Å². The van der Waals surface area contributed by atoms with Crippen LogP contribution in [0.1, 0.15) is 87.1 Å². The molecule has 0 saturated carbocycles. The van der Waals surface area contributed by atoms with Crippen molar-refractivity contribution in [2.24, 2.45) is 0 Å². The molecule has 5 nitrogen and oxygen atoms in total. The van der Waals surface area contributed by atoms with E-state index in [2.05, 4.69) is 73.6 Å². The average molecular weight is 413 g/mol. The van der Waals surface area contributed by atoms with Crippen molar-refractivity contribution < 1.29 is 4.79 Å². The Morgan fingerprint density at radius 1 is 1.33 bits per heavy atom. The number of fused-ring (bicyclic) bond motifs is 1. The standard InChI is InChI=1S/C25H40N4O/c1-7-19(14-17(2)3)22-15-23-25(30)27-16-21(29(23)24(22)18(4)5)8-11-26-20-9-12-28(6)13-10-20/h14-15,19-21,26H,4,7-13,16H2,1-3,5-6H3,(H,27,30). The third-order valence-electron chi connectivity index (χ3n) is 6.57. The molecule has 30 heavy (non-hydrogen) atoms. The molecule has 0 radical (unpaired) electrons. The fourth-order valence-corrected chi connectivity index (χ4v) is 4.95. The maximum atomic E-state index is 12.7. The summed E-state index contributed by atoms with van der Waals surface area (Å²) in [6.07, 6.45) is 6.78. The number of hydrogen-bond donors (Lipinski definition) is 2. The number of aromatic nitrogens is 1. The number of likely N-dealkylation sites (tertiary alicyclic amines) is 1. The van der Waals surface area contributed by atoms with Gasteiger partial charge in [0.05, 0.1) is 6.04 Å². The number of hydrogen-bond acceptors (Lipinski definition) is 3. The van der Waals surface area contributed by atoms with E-state index in [9.17, 15) is 4.79 Å². The molecule has 1 saturated heterocycles. The third kappa shape index (κ3) is 5.06. The van der Waals surface area contributed by atoms with E-state index in [0.717, 1.165) is 36.3 Å². The van der Waals surface area contributed by atoms with Crippen molar-refractivity contribution in [3.05, 3.63) is 41.2 Å². The maximum Gasteiger partial charge on any atom is 0.268 e. The number of nitrogens with one attached hydrogen (secondary N) is 2. The van der Waals surface area contributed by atoms with Gasteiger partial charge in [0.2, 0.25) is 0 Å². The first-order valence-corrected chi connectivity index (χ1v) is 11.6. The van der Waals surface area contributed by atoms with Crippen LogP contribution in [0.3, 0.4) is 0 Å². The topological polar surface area (TPSA) is 49.3 Å². The normalized spacial score (nSPS) is 21.1. The first-order valence-electron chi connectivity index (χ1n) is 11.6. The number of nitrogens with zero attached hydrogens (tertiary/aromatic N) is 2. The van der Waals surface area contributed by atoms with Crippen LogP contribution in [0.2, 0.25) is 0 Å². The van der Waals surface area contributed by atoms with Crippen LogP contribution in [0.15, 0.2) is 24.3 Å². The lowest BCUT2D eigenvalue weighted by atomic mass is 9.92. The highest BCUT2D eigenvalue weighted by molar-refractivity contribution is 5.95. The summed E-state index contributed by atoms with van der Waals surface area (Å²) in [5.41, 5.74) is 5.54. The Morgan fingerprint density at radius 3 is 2.63 bits per heavy atom. The van der Waals surface area contributed by atoms with Crippen LogP contribution in [0, 0.1) is 0 Å². The smallest absolute Gasteiger partial charge is 0.268 e. The Balaban J connectivity index is 1.83. The minimum atomic E-state index is 0.0373. The number of carbonyl (C=O) groups is 1. The van der Waals surface area contributed by atoms with Crippen molar-refractivity contribution in [2.45, 2.75) is 71.4 Å². The molecule has 0 spiro atoms. The second-order valence-electron chi connectivity index (χ2n) is 9.43. The highest BCUT2D eigenvalue weighted by Gasteiger charge is 2.31. The molecule has 2 aliphatic rings. The predicted molar refractivity (Wildman–Crippen MR) is 126 cm³/mol. The van der Waals surface area contributed by atoms with Crippen LogP contribution in [0.25, 0.3) is 5.57 Å². The maximum absolute atomic E-state index is 12.7. The molecule has 2 atom stereocenters. The van der Waals surface area contributed by atoms with Gasteiger partial charge in [0, 0.05) is 24.2 Å². The van der Waals surface area contributed by atoms with Gasteiger partial charge in [-0.3, -0.25) is 4.79 Å². The lowest BCUT2D eigenvalue weighted by molar-refractivity contribution is 0.0912. The molecular weight excluding hydrogens is 372 g/mol. The molecule has 0 aliphatic carbocycles. The lowest BCUT2D eigenvalue weighted by Crippen LogP contribution is -2.43. The van der Waals surface area contributed by atoms with E-state index >= 15 is 0 Å². The number of amides is 1. The number of piperidine rings is 1. The summed E-state index contributed by atoms with van der Waals surface area (Å²) in [6, 6.07) is 2.99. The molecule has 166 valence electrons. The van der Waals surface area contributed by atoms with Crippen molar-refractivity contribution in [3.63, 3.8) is 0 Å². The summed E-state index contributed by atoms with van der Waals surface area (Å²) < 4.78 is 2.29. The summed E-state index contributed by atoms with van der Waals surface area (Å²) >= 11 is 0. The second-order valence-corrected chi connectivity index (χ2v) is 9.43. The second kappa shape index (κ2) is 9.97. The molecule has 1 aromatic heterocycles. The number of carbonyl (C=O) groups excluding carboxylic acids is 1. The van der Waals surface area contributed by atoms with E-state index in [1.807, 2.05) is 0 Å². The first kappa shape index (κ1) is 22.8. The van der Waals surface area contributed by atoms with Crippen molar-refractivity contribution in [2.75, 3.05) is 33.2 Å². The molecular formula is C25H40N4O. The van der Waals surface area contributed by atoms with Gasteiger partial charge in [0.25, 0.3) is 5.91 Å². The van der Waals surface area contributed by atoms with Gasteiger partial charge >= 0.3 is 0 Å². The van der Waals surface area contributed by atoms with Gasteiger partial charge in [-0.15, -0.1) is 0 Å². The summed E-state index contributed by atoms with van der Waals surface area (Å²) in [4.78, 5) is 15.1. The molecule has 1 aromatic rings. The number of rotatable bonds is 8. The largest absolute Gasteiger partial charge is 0.349 e. The molecule has 2 aliphatic heterocycles. The van der Waals surface area contributed by atoms with Crippen LogP contribution in [-0.4, -0.2) is 54.6 Å². The van der Waals surface area contributed by atoms with Crippen LogP contribution >= 0.6 is 0 Å². The van der Waals surface area contributed by atoms with Gasteiger partial charge < -0.3 is 20.1 Å². The zero-order chi connectivity index (χ0) is 21.8. The molecule has 2 N–H and O–H groups in total. The van der Waals surface area contributed by atoms with Gasteiger partial charge in [0.15, 0.2) is 0 Å². The summed E-state index contributed by atoms with van der Waals surface area (Å²) in [5, 5.41) is 6.88. The molecule has 5 heteroatoms. The Morgan fingerprint density at radius 2 is 2.03 bits per heavy atom. The van der Waals surface area contributed by atoms with Crippen molar-refractivity contribution in [1.82, 2.24) is 20.1 Å². The van der Waals surface area contributed by atoms with E-state index < -0.39 is 0 Å². The third-order valence-corrected chi connectivity index (χ3v) is 6.57. The van der Waals surface area contributed by atoms with Gasteiger partial charge in [-0.2, -0.15) is 0 Å². The van der Waals surface area contributed by atoms with Gasteiger partial charge in [0.1, 0.15) is 5.69 Å². The Bertz CT molecular complexity index is 794. The Kier molecular flexibility index (Phi) is 7.59. The van der Waals surface area contributed by atoms with Crippen molar-refractivity contribution in [1.29, 1.82) is 0 Å². The summed E-state index contributed by atoms with van der Waals surface area (Å²) in [6.45, 7) is 16.9. The van der Waals surface area contributed by atoms with Crippen LogP contribution in [0.5, 0.6) is 0 Å². The average Bonchev–Trinajstić information content (AvgIpc) is 3.11. The van der Waals surface area contributed by atoms with E-state index in [-0.39, 0.29) is 11.9 Å².